The molecule has 82 valence electrons. The molecule has 2 rings (SSSR count). The summed E-state index contributed by atoms with van der Waals surface area (Å²) >= 11 is 0. The molecule has 0 saturated heterocycles. The first-order chi connectivity index (χ1) is 7.14. The molecule has 1 aromatic rings. The van der Waals surface area contributed by atoms with Crippen molar-refractivity contribution in [3.63, 3.8) is 0 Å². The lowest BCUT2D eigenvalue weighted by Gasteiger charge is -2.51. The summed E-state index contributed by atoms with van der Waals surface area (Å²) in [4.78, 5) is 8.31. The average molecular weight is 207 g/mol. The number of anilines is 1. The van der Waals surface area contributed by atoms with Crippen LogP contribution in [0.2, 0.25) is 0 Å². The Morgan fingerprint density at radius 2 is 2.07 bits per heavy atom. The van der Waals surface area contributed by atoms with Gasteiger partial charge in [-0.2, -0.15) is 0 Å². The summed E-state index contributed by atoms with van der Waals surface area (Å²) in [5.41, 5.74) is 0.147. The summed E-state index contributed by atoms with van der Waals surface area (Å²) in [5, 5.41) is 3.33. The summed E-state index contributed by atoms with van der Waals surface area (Å²) in [5.74, 6) is 0.699. The van der Waals surface area contributed by atoms with Crippen molar-refractivity contribution >= 4 is 5.95 Å². The third kappa shape index (κ3) is 1.81. The molecule has 0 amide bonds. The lowest BCUT2D eigenvalue weighted by molar-refractivity contribution is -0.0796. The standard InChI is InChI=1S/C11H17N3O/c1-11(2)8(7-9(11)15-3)14-10-12-5-4-6-13-10/h4-6,8-9H,7H2,1-3H3,(H,12,13,14). The van der Waals surface area contributed by atoms with E-state index in [0.29, 0.717) is 18.1 Å². The van der Waals surface area contributed by atoms with E-state index in [1.54, 1.807) is 19.5 Å². The smallest absolute Gasteiger partial charge is 0.222 e. The number of nitrogens with zero attached hydrogens (tertiary/aromatic N) is 2. The zero-order valence-corrected chi connectivity index (χ0v) is 9.40. The van der Waals surface area contributed by atoms with Gasteiger partial charge in [0.25, 0.3) is 0 Å². The topological polar surface area (TPSA) is 47.0 Å². The number of hydrogen-bond acceptors (Lipinski definition) is 4. The molecular formula is C11H17N3O. The monoisotopic (exact) mass is 207 g/mol. The van der Waals surface area contributed by atoms with Gasteiger partial charge in [-0.1, -0.05) is 13.8 Å². The molecule has 1 fully saturated rings. The van der Waals surface area contributed by atoms with Crippen molar-refractivity contribution < 1.29 is 4.74 Å². The van der Waals surface area contributed by atoms with Crippen LogP contribution in [-0.4, -0.2) is 29.2 Å². The highest BCUT2D eigenvalue weighted by atomic mass is 16.5. The molecule has 2 unspecified atom stereocenters. The zero-order valence-electron chi connectivity index (χ0n) is 9.40. The lowest BCUT2D eigenvalue weighted by Crippen LogP contribution is -2.57. The molecule has 1 aliphatic carbocycles. The Hall–Kier alpha value is -1.16. The molecule has 0 bridgehead atoms. The Labute approximate surface area is 90.1 Å². The van der Waals surface area contributed by atoms with Gasteiger partial charge >= 0.3 is 0 Å². The maximum Gasteiger partial charge on any atom is 0.222 e. The summed E-state index contributed by atoms with van der Waals surface area (Å²) in [7, 11) is 1.77. The van der Waals surface area contributed by atoms with E-state index in [2.05, 4.69) is 29.1 Å². The van der Waals surface area contributed by atoms with Crippen LogP contribution in [-0.2, 0) is 4.74 Å². The van der Waals surface area contributed by atoms with Crippen LogP contribution in [0.25, 0.3) is 0 Å². The second kappa shape index (κ2) is 3.77. The molecule has 1 aliphatic rings. The molecule has 4 heteroatoms. The third-order valence-electron chi connectivity index (χ3n) is 3.33. The Morgan fingerprint density at radius 1 is 1.40 bits per heavy atom. The van der Waals surface area contributed by atoms with E-state index in [9.17, 15) is 0 Å². The van der Waals surface area contributed by atoms with Crippen molar-refractivity contribution in [2.24, 2.45) is 5.41 Å². The van der Waals surface area contributed by atoms with Crippen molar-refractivity contribution in [2.45, 2.75) is 32.4 Å². The molecule has 15 heavy (non-hydrogen) atoms. The fourth-order valence-corrected chi connectivity index (χ4v) is 2.06. The van der Waals surface area contributed by atoms with E-state index < -0.39 is 0 Å². The van der Waals surface area contributed by atoms with E-state index in [-0.39, 0.29) is 5.41 Å². The number of ether oxygens (including phenoxy) is 1. The quantitative estimate of drug-likeness (QED) is 0.819. The largest absolute Gasteiger partial charge is 0.381 e. The molecule has 4 nitrogen and oxygen atoms in total. The van der Waals surface area contributed by atoms with Crippen molar-refractivity contribution in [3.05, 3.63) is 18.5 Å². The third-order valence-corrected chi connectivity index (χ3v) is 3.33. The predicted octanol–water partition coefficient (Wildman–Crippen LogP) is 1.70. The van der Waals surface area contributed by atoms with Gasteiger partial charge in [-0.15, -0.1) is 0 Å². The Balaban J connectivity index is 1.99. The Kier molecular flexibility index (Phi) is 2.61. The van der Waals surface area contributed by atoms with Gasteiger partial charge in [0.15, 0.2) is 0 Å². The minimum absolute atomic E-state index is 0.147. The highest BCUT2D eigenvalue weighted by molar-refractivity contribution is 5.28. The minimum Gasteiger partial charge on any atom is -0.381 e. The van der Waals surface area contributed by atoms with Crippen molar-refractivity contribution in [1.29, 1.82) is 0 Å². The van der Waals surface area contributed by atoms with Crippen LogP contribution in [0.1, 0.15) is 20.3 Å². The molecule has 1 aromatic heterocycles. The molecule has 0 aromatic carbocycles. The Bertz CT molecular complexity index is 326. The van der Waals surface area contributed by atoms with Gasteiger partial charge in [-0.25, -0.2) is 9.97 Å². The fraction of sp³-hybridized carbons (Fsp3) is 0.636. The summed E-state index contributed by atoms with van der Waals surface area (Å²) < 4.78 is 5.39. The maximum atomic E-state index is 5.39. The van der Waals surface area contributed by atoms with Gasteiger partial charge in [-0.05, 0) is 12.5 Å². The van der Waals surface area contributed by atoms with Crippen LogP contribution in [0.5, 0.6) is 0 Å². The number of rotatable bonds is 3. The van der Waals surface area contributed by atoms with Gasteiger partial charge < -0.3 is 10.1 Å². The molecule has 1 N–H and O–H groups in total. The molecule has 0 aliphatic heterocycles. The number of hydrogen-bond donors (Lipinski definition) is 1. The Morgan fingerprint density at radius 3 is 2.60 bits per heavy atom. The SMILES string of the molecule is COC1CC(Nc2ncccn2)C1(C)C. The van der Waals surface area contributed by atoms with Crippen LogP contribution >= 0.6 is 0 Å². The van der Waals surface area contributed by atoms with E-state index in [0.717, 1.165) is 6.42 Å². The van der Waals surface area contributed by atoms with Crippen molar-refractivity contribution in [3.8, 4) is 0 Å². The zero-order chi connectivity index (χ0) is 10.9. The van der Waals surface area contributed by atoms with Crippen LogP contribution in [0.15, 0.2) is 18.5 Å². The first-order valence-electron chi connectivity index (χ1n) is 5.21. The summed E-state index contributed by atoms with van der Waals surface area (Å²) in [6, 6.07) is 2.21. The van der Waals surface area contributed by atoms with E-state index in [4.69, 9.17) is 4.74 Å². The van der Waals surface area contributed by atoms with Crippen LogP contribution in [0, 0.1) is 5.41 Å². The van der Waals surface area contributed by atoms with Gasteiger partial charge in [-0.3, -0.25) is 0 Å². The normalized spacial score (nSPS) is 28.2. The number of methoxy groups -OCH3 is 1. The highest BCUT2D eigenvalue weighted by Crippen LogP contribution is 2.43. The maximum absolute atomic E-state index is 5.39. The van der Waals surface area contributed by atoms with Gasteiger partial charge in [0.1, 0.15) is 0 Å². The van der Waals surface area contributed by atoms with Gasteiger partial charge in [0, 0.05) is 31.0 Å². The van der Waals surface area contributed by atoms with E-state index >= 15 is 0 Å². The summed E-state index contributed by atoms with van der Waals surface area (Å²) in [6.07, 6.45) is 4.84. The molecule has 2 atom stereocenters. The van der Waals surface area contributed by atoms with E-state index in [1.165, 1.54) is 0 Å². The minimum atomic E-state index is 0.147. The van der Waals surface area contributed by atoms with E-state index in [1.807, 2.05) is 6.07 Å². The second-order valence-corrected chi connectivity index (χ2v) is 4.55. The van der Waals surface area contributed by atoms with Crippen LogP contribution in [0.4, 0.5) is 5.95 Å². The average Bonchev–Trinajstić information content (AvgIpc) is 2.25. The van der Waals surface area contributed by atoms with Gasteiger partial charge in [0.05, 0.1) is 6.10 Å². The first kappa shape index (κ1) is 10.4. The summed E-state index contributed by atoms with van der Waals surface area (Å²) in [6.45, 7) is 4.40. The highest BCUT2D eigenvalue weighted by Gasteiger charge is 2.48. The van der Waals surface area contributed by atoms with Crippen LogP contribution < -0.4 is 5.32 Å². The van der Waals surface area contributed by atoms with Crippen molar-refractivity contribution in [1.82, 2.24) is 9.97 Å². The molecule has 0 radical (unpaired) electrons. The molecule has 0 spiro atoms. The second-order valence-electron chi connectivity index (χ2n) is 4.55. The van der Waals surface area contributed by atoms with Crippen LogP contribution in [0.3, 0.4) is 0 Å². The number of nitrogens with one attached hydrogen (secondary N) is 1. The predicted molar refractivity (Wildman–Crippen MR) is 58.6 cm³/mol. The molecular weight excluding hydrogens is 190 g/mol. The number of aromatic nitrogens is 2. The van der Waals surface area contributed by atoms with Crippen molar-refractivity contribution in [2.75, 3.05) is 12.4 Å². The lowest BCUT2D eigenvalue weighted by atomic mass is 9.64. The molecule has 1 heterocycles. The first-order valence-corrected chi connectivity index (χ1v) is 5.21. The fourth-order valence-electron chi connectivity index (χ4n) is 2.06. The van der Waals surface area contributed by atoms with Gasteiger partial charge in [0.2, 0.25) is 5.95 Å². The molecule has 1 saturated carbocycles.